The first-order valence-corrected chi connectivity index (χ1v) is 26.6. The van der Waals surface area contributed by atoms with E-state index >= 15 is 0 Å². The summed E-state index contributed by atoms with van der Waals surface area (Å²) >= 11 is 0. The van der Waals surface area contributed by atoms with E-state index in [4.69, 9.17) is 0 Å². The van der Waals surface area contributed by atoms with Crippen molar-refractivity contribution in [1.82, 2.24) is 4.57 Å². The van der Waals surface area contributed by atoms with Crippen molar-refractivity contribution in [3.8, 4) is 61.3 Å². The Balaban J connectivity index is 0.909. The highest BCUT2D eigenvalue weighted by Gasteiger charge is 2.53. The minimum absolute atomic E-state index is 0.475. The third-order valence-electron chi connectivity index (χ3n) is 17.6. The van der Waals surface area contributed by atoms with Crippen LogP contribution in [0.2, 0.25) is 0 Å². The van der Waals surface area contributed by atoms with E-state index in [1.807, 2.05) is 0 Å². The van der Waals surface area contributed by atoms with E-state index in [0.29, 0.717) is 0 Å². The van der Waals surface area contributed by atoms with Crippen molar-refractivity contribution >= 4 is 38.9 Å². The molecule has 12 aromatic carbocycles. The highest BCUT2D eigenvalue weighted by Crippen LogP contribution is 2.66. The van der Waals surface area contributed by atoms with Gasteiger partial charge < -0.3 is 9.47 Å². The molecule has 1 aromatic heterocycles. The maximum absolute atomic E-state index is 2.55. The van der Waals surface area contributed by atoms with Gasteiger partial charge >= 0.3 is 0 Å². The number of para-hydroxylation sites is 3. The fraction of sp³-hybridized carbons (Fsp3) is 0.0270. The largest absolute Gasteiger partial charge is 0.310 e. The van der Waals surface area contributed by atoms with Crippen molar-refractivity contribution in [3.05, 3.63) is 324 Å². The fourth-order valence-electron chi connectivity index (χ4n) is 14.7. The molecule has 1 aliphatic heterocycles. The molecule has 3 aliphatic carbocycles. The normalized spacial score (nSPS) is 15.3. The summed E-state index contributed by atoms with van der Waals surface area (Å²) in [4.78, 5) is 2.55. The summed E-state index contributed by atoms with van der Waals surface area (Å²) in [5, 5.41) is 2.57. The van der Waals surface area contributed by atoms with Crippen LogP contribution in [0.1, 0.15) is 44.5 Å². The van der Waals surface area contributed by atoms with Gasteiger partial charge in [0.1, 0.15) is 0 Å². The van der Waals surface area contributed by atoms with Gasteiger partial charge in [-0.05, 0) is 137 Å². The van der Waals surface area contributed by atoms with Crippen molar-refractivity contribution in [1.29, 1.82) is 0 Å². The minimum Gasteiger partial charge on any atom is -0.310 e. The predicted octanol–water partition coefficient (Wildman–Crippen LogP) is 18.6. The van der Waals surface area contributed by atoms with Gasteiger partial charge in [0.2, 0.25) is 0 Å². The first-order valence-electron chi connectivity index (χ1n) is 26.6. The minimum atomic E-state index is -0.546. The molecule has 2 spiro atoms. The smallest absolute Gasteiger partial charge is 0.0754 e. The van der Waals surface area contributed by atoms with Gasteiger partial charge in [0.25, 0.3) is 0 Å². The van der Waals surface area contributed by atoms with Gasteiger partial charge in [-0.1, -0.05) is 237 Å². The van der Waals surface area contributed by atoms with Gasteiger partial charge in [0.05, 0.1) is 33.2 Å². The molecule has 76 heavy (non-hydrogen) atoms. The number of hydrogen-bond donors (Lipinski definition) is 0. The number of hydrogen-bond acceptors (Lipinski definition) is 1. The van der Waals surface area contributed by atoms with E-state index in [1.165, 1.54) is 128 Å². The second kappa shape index (κ2) is 15.4. The van der Waals surface area contributed by atoms with Gasteiger partial charge in [-0.2, -0.15) is 0 Å². The molecular weight excluding hydrogens is 917 g/mol. The van der Waals surface area contributed by atoms with E-state index in [2.05, 4.69) is 289 Å². The lowest BCUT2D eigenvalue weighted by atomic mass is 9.65. The van der Waals surface area contributed by atoms with E-state index in [0.717, 1.165) is 17.1 Å². The van der Waals surface area contributed by atoms with Crippen LogP contribution in [0.5, 0.6) is 0 Å². The summed E-state index contributed by atoms with van der Waals surface area (Å²) in [6.07, 6.45) is 0. The lowest BCUT2D eigenvalue weighted by Gasteiger charge is -2.39. The van der Waals surface area contributed by atoms with Crippen LogP contribution in [0.4, 0.5) is 17.1 Å². The van der Waals surface area contributed by atoms with Gasteiger partial charge in [-0.25, -0.2) is 0 Å². The number of aromatic nitrogens is 1. The number of fused-ring (bicyclic) bond motifs is 22. The molecule has 1 unspecified atom stereocenters. The molecule has 352 valence electrons. The van der Waals surface area contributed by atoms with E-state index in [-0.39, 0.29) is 0 Å². The summed E-state index contributed by atoms with van der Waals surface area (Å²) in [5.41, 5.74) is 29.2. The van der Waals surface area contributed by atoms with Gasteiger partial charge in [-0.3, -0.25) is 0 Å². The average molecular weight is 963 g/mol. The Bertz CT molecular complexity index is 4530. The van der Waals surface area contributed by atoms with Crippen molar-refractivity contribution < 1.29 is 0 Å². The first-order chi connectivity index (χ1) is 37.7. The van der Waals surface area contributed by atoms with E-state index in [1.54, 1.807) is 0 Å². The summed E-state index contributed by atoms with van der Waals surface area (Å²) in [7, 11) is 0. The molecule has 0 fully saturated rings. The van der Waals surface area contributed by atoms with Crippen LogP contribution in [0.25, 0.3) is 83.1 Å². The molecule has 13 aromatic rings. The molecule has 0 amide bonds. The summed E-state index contributed by atoms with van der Waals surface area (Å²) in [5.74, 6) is 0. The quantitative estimate of drug-likeness (QED) is 0.167. The molecule has 0 bridgehead atoms. The highest BCUT2D eigenvalue weighted by atomic mass is 15.1. The monoisotopic (exact) mass is 962 g/mol. The van der Waals surface area contributed by atoms with Gasteiger partial charge in [0, 0.05) is 27.7 Å². The first kappa shape index (κ1) is 41.7. The topological polar surface area (TPSA) is 8.17 Å². The maximum atomic E-state index is 2.55. The van der Waals surface area contributed by atoms with Gasteiger partial charge in [0.15, 0.2) is 0 Å². The maximum Gasteiger partial charge on any atom is 0.0754 e. The van der Waals surface area contributed by atoms with Crippen LogP contribution >= 0.6 is 0 Å². The Hall–Kier alpha value is -9.76. The zero-order chi connectivity index (χ0) is 49.7. The van der Waals surface area contributed by atoms with E-state index in [9.17, 15) is 0 Å². The molecule has 4 aliphatic rings. The van der Waals surface area contributed by atoms with Gasteiger partial charge in [-0.15, -0.1) is 0 Å². The molecule has 17 rings (SSSR count). The van der Waals surface area contributed by atoms with Crippen LogP contribution in [-0.4, -0.2) is 4.57 Å². The molecule has 0 saturated heterocycles. The third kappa shape index (κ3) is 5.25. The lowest BCUT2D eigenvalue weighted by molar-refractivity contribution is 0.748. The zero-order valence-electron chi connectivity index (χ0n) is 41.5. The second-order valence-electron chi connectivity index (χ2n) is 21.0. The molecule has 2 heterocycles. The van der Waals surface area contributed by atoms with Crippen LogP contribution in [0, 0.1) is 0 Å². The Morgan fingerprint density at radius 1 is 0.276 bits per heavy atom. The standard InChI is InChI=1S/C74H46N2/c1-2-18-47(19-3-1)48-36-38-49(39-37-48)50-40-42-51(43-41-50)75(70-35-17-31-66-71(70)58-24-7-12-29-63(58)73(66)60-26-9-4-20-53(60)54-21-5-10-27-61(54)73)52-44-45-64-59(46-52)55-22-6-11-28-62(55)74(64)65-30-13-15-34-69(65)76-68-33-14-8-23-56(68)57-25-16-32-67(74)72(57)76/h1-46H. The number of benzene rings is 12. The van der Waals surface area contributed by atoms with Crippen molar-refractivity contribution in [2.75, 3.05) is 4.90 Å². The molecular formula is C74H46N2. The zero-order valence-corrected chi connectivity index (χ0v) is 41.5. The van der Waals surface area contributed by atoms with Crippen molar-refractivity contribution in [2.24, 2.45) is 0 Å². The van der Waals surface area contributed by atoms with Crippen molar-refractivity contribution in [2.45, 2.75) is 10.8 Å². The summed E-state index contributed by atoms with van der Waals surface area (Å²) < 4.78 is 2.53. The van der Waals surface area contributed by atoms with Crippen LogP contribution in [0.3, 0.4) is 0 Å². The fourth-order valence-corrected chi connectivity index (χ4v) is 14.7. The molecule has 2 heteroatoms. The highest BCUT2D eigenvalue weighted by molar-refractivity contribution is 6.13. The number of nitrogens with zero attached hydrogens (tertiary/aromatic N) is 2. The third-order valence-corrected chi connectivity index (χ3v) is 17.6. The summed E-state index contributed by atoms with van der Waals surface area (Å²) in [6, 6.07) is 105. The molecule has 0 N–H and O–H groups in total. The SMILES string of the molecule is c1ccc(-c2ccc(-c3ccc(N(c4ccc5c(c4)-c4ccccc4C54c5ccccc5-n5c6ccccc6c6cccc4c65)c4cccc5c4-c4ccccc4C54c5ccccc5-c5ccccc54)cc3)cc2)cc1. The molecule has 0 radical (unpaired) electrons. The lowest BCUT2D eigenvalue weighted by Crippen LogP contribution is -2.33. The second-order valence-corrected chi connectivity index (χ2v) is 21.0. The summed E-state index contributed by atoms with van der Waals surface area (Å²) in [6.45, 7) is 0. The Labute approximate surface area is 441 Å². The van der Waals surface area contributed by atoms with Crippen LogP contribution in [0.15, 0.2) is 279 Å². The average Bonchev–Trinajstić information content (AvgIpc) is 4.23. The van der Waals surface area contributed by atoms with Crippen LogP contribution in [-0.2, 0) is 10.8 Å². The number of rotatable bonds is 5. The number of anilines is 3. The Morgan fingerprint density at radius 3 is 1.41 bits per heavy atom. The predicted molar refractivity (Wildman–Crippen MR) is 313 cm³/mol. The van der Waals surface area contributed by atoms with Crippen molar-refractivity contribution in [3.63, 3.8) is 0 Å². The molecule has 0 saturated carbocycles. The molecule has 1 atom stereocenters. The Morgan fingerprint density at radius 2 is 0.724 bits per heavy atom. The Kier molecular flexibility index (Phi) is 8.44. The van der Waals surface area contributed by atoms with Crippen LogP contribution < -0.4 is 4.90 Å². The van der Waals surface area contributed by atoms with E-state index < -0.39 is 10.8 Å². The molecule has 2 nitrogen and oxygen atoms in total.